The van der Waals surface area contributed by atoms with Gasteiger partial charge in [0.25, 0.3) is 0 Å². The molecule has 1 heterocycles. The zero-order chi connectivity index (χ0) is 14.7. The summed E-state index contributed by atoms with van der Waals surface area (Å²) in [6, 6.07) is 0.486. The number of carbonyl (C=O) groups excluding carboxylic acids is 2. The average Bonchev–Trinajstić information content (AvgIpc) is 3.30. The second kappa shape index (κ2) is 6.54. The van der Waals surface area contributed by atoms with Crippen molar-refractivity contribution in [2.45, 2.75) is 38.6 Å². The molecule has 1 saturated carbocycles. The average molecular weight is 282 g/mol. The second-order valence-electron chi connectivity index (χ2n) is 6.16. The van der Waals surface area contributed by atoms with Gasteiger partial charge in [0, 0.05) is 25.0 Å². The lowest BCUT2D eigenvalue weighted by atomic mass is 9.96. The van der Waals surface area contributed by atoms with Gasteiger partial charge in [0.1, 0.15) is 0 Å². The highest BCUT2D eigenvalue weighted by atomic mass is 16.2. The number of piperidine rings is 1. The SMILES string of the molecule is CC(C1CC1)N(C)CC(=O)N1CCC(C(=O)NN)CC1. The molecule has 114 valence electrons. The van der Waals surface area contributed by atoms with Crippen LogP contribution in [0.25, 0.3) is 0 Å². The van der Waals surface area contributed by atoms with Crippen molar-refractivity contribution in [3.63, 3.8) is 0 Å². The van der Waals surface area contributed by atoms with Gasteiger partial charge in [-0.05, 0) is 45.6 Å². The van der Waals surface area contributed by atoms with Gasteiger partial charge < -0.3 is 4.90 Å². The van der Waals surface area contributed by atoms with Crippen molar-refractivity contribution in [3.05, 3.63) is 0 Å². The van der Waals surface area contributed by atoms with Crippen LogP contribution in [0.5, 0.6) is 0 Å². The second-order valence-corrected chi connectivity index (χ2v) is 6.16. The van der Waals surface area contributed by atoms with E-state index in [1.165, 1.54) is 12.8 Å². The molecular weight excluding hydrogens is 256 g/mol. The van der Waals surface area contributed by atoms with E-state index in [-0.39, 0.29) is 17.7 Å². The van der Waals surface area contributed by atoms with Gasteiger partial charge >= 0.3 is 0 Å². The maximum Gasteiger partial charge on any atom is 0.237 e. The molecule has 6 nitrogen and oxygen atoms in total. The fourth-order valence-electron chi connectivity index (χ4n) is 2.90. The number of hydrogen-bond acceptors (Lipinski definition) is 4. The molecule has 3 N–H and O–H groups in total. The van der Waals surface area contributed by atoms with Crippen LogP contribution in [0.2, 0.25) is 0 Å². The summed E-state index contributed by atoms with van der Waals surface area (Å²) in [4.78, 5) is 27.7. The normalized spacial score (nSPS) is 21.9. The highest BCUT2D eigenvalue weighted by Crippen LogP contribution is 2.34. The van der Waals surface area contributed by atoms with Gasteiger partial charge in [0.15, 0.2) is 0 Å². The molecular formula is C14H26N4O2. The van der Waals surface area contributed by atoms with E-state index in [9.17, 15) is 9.59 Å². The highest BCUT2D eigenvalue weighted by Gasteiger charge is 2.32. The van der Waals surface area contributed by atoms with Gasteiger partial charge in [-0.3, -0.25) is 19.9 Å². The molecule has 1 aliphatic carbocycles. The van der Waals surface area contributed by atoms with Crippen LogP contribution in [0.4, 0.5) is 0 Å². The minimum atomic E-state index is -0.114. The number of likely N-dealkylation sites (N-methyl/N-ethyl adjacent to an activating group) is 1. The molecule has 6 heteroatoms. The summed E-state index contributed by atoms with van der Waals surface area (Å²) in [6.07, 6.45) is 3.99. The Morgan fingerprint density at radius 3 is 2.40 bits per heavy atom. The molecule has 0 aromatic rings. The quantitative estimate of drug-likeness (QED) is 0.421. The summed E-state index contributed by atoms with van der Waals surface area (Å²) in [5.74, 6) is 5.92. The Labute approximate surface area is 120 Å². The predicted molar refractivity (Wildman–Crippen MR) is 76.5 cm³/mol. The van der Waals surface area contributed by atoms with E-state index in [2.05, 4.69) is 17.2 Å². The van der Waals surface area contributed by atoms with Gasteiger partial charge in [-0.1, -0.05) is 0 Å². The molecule has 0 aromatic carbocycles. The minimum Gasteiger partial charge on any atom is -0.342 e. The molecule has 1 unspecified atom stereocenters. The Hall–Kier alpha value is -1.14. The molecule has 20 heavy (non-hydrogen) atoms. The Morgan fingerprint density at radius 2 is 1.90 bits per heavy atom. The van der Waals surface area contributed by atoms with Crippen LogP contribution in [0.15, 0.2) is 0 Å². The summed E-state index contributed by atoms with van der Waals surface area (Å²) in [7, 11) is 2.02. The standard InChI is InChI=1S/C14H26N4O2/c1-10(11-3-4-11)17(2)9-13(19)18-7-5-12(6-8-18)14(20)16-15/h10-12H,3-9,15H2,1-2H3,(H,16,20). The first kappa shape index (κ1) is 15.3. The third-order valence-corrected chi connectivity index (χ3v) is 4.74. The van der Waals surface area contributed by atoms with Crippen LogP contribution in [-0.4, -0.2) is 54.3 Å². The third-order valence-electron chi connectivity index (χ3n) is 4.74. The summed E-state index contributed by atoms with van der Waals surface area (Å²) in [6.45, 7) is 3.99. The van der Waals surface area contributed by atoms with Gasteiger partial charge in [0.2, 0.25) is 11.8 Å². The van der Waals surface area contributed by atoms with Crippen LogP contribution < -0.4 is 11.3 Å². The summed E-state index contributed by atoms with van der Waals surface area (Å²) in [5.41, 5.74) is 2.19. The fraction of sp³-hybridized carbons (Fsp3) is 0.857. The van der Waals surface area contributed by atoms with Crippen molar-refractivity contribution in [1.82, 2.24) is 15.2 Å². The number of nitrogens with two attached hydrogens (primary N) is 1. The number of nitrogens with zero attached hydrogens (tertiary/aromatic N) is 2. The number of rotatable bonds is 5. The molecule has 1 aliphatic heterocycles. The van der Waals surface area contributed by atoms with Crippen molar-refractivity contribution in [3.8, 4) is 0 Å². The molecule has 1 atom stereocenters. The minimum absolute atomic E-state index is 0.0489. The number of carbonyl (C=O) groups is 2. The molecule has 0 spiro atoms. The first-order valence-corrected chi connectivity index (χ1v) is 7.51. The molecule has 2 amide bonds. The van der Waals surface area contributed by atoms with E-state index >= 15 is 0 Å². The molecule has 0 aromatic heterocycles. The van der Waals surface area contributed by atoms with Gasteiger partial charge in [-0.25, -0.2) is 5.84 Å². The lowest BCUT2D eigenvalue weighted by molar-refractivity contribution is -0.136. The van der Waals surface area contributed by atoms with E-state index < -0.39 is 0 Å². The van der Waals surface area contributed by atoms with Crippen molar-refractivity contribution >= 4 is 11.8 Å². The largest absolute Gasteiger partial charge is 0.342 e. The van der Waals surface area contributed by atoms with Crippen LogP contribution in [0, 0.1) is 11.8 Å². The van der Waals surface area contributed by atoms with Crippen molar-refractivity contribution in [2.75, 3.05) is 26.7 Å². The zero-order valence-corrected chi connectivity index (χ0v) is 12.5. The highest BCUT2D eigenvalue weighted by molar-refractivity contribution is 5.80. The number of nitrogens with one attached hydrogen (secondary N) is 1. The summed E-state index contributed by atoms with van der Waals surface area (Å²) in [5, 5.41) is 0. The van der Waals surface area contributed by atoms with Crippen molar-refractivity contribution < 1.29 is 9.59 Å². The number of amides is 2. The topological polar surface area (TPSA) is 78.7 Å². The fourth-order valence-corrected chi connectivity index (χ4v) is 2.90. The van der Waals surface area contributed by atoms with Crippen LogP contribution in [0.3, 0.4) is 0 Å². The van der Waals surface area contributed by atoms with Crippen molar-refractivity contribution in [1.29, 1.82) is 0 Å². The molecule has 2 fully saturated rings. The zero-order valence-electron chi connectivity index (χ0n) is 12.5. The predicted octanol–water partition coefficient (Wildman–Crippen LogP) is -0.0548. The maximum atomic E-state index is 12.3. The van der Waals surface area contributed by atoms with Gasteiger partial charge in [-0.2, -0.15) is 0 Å². The van der Waals surface area contributed by atoms with E-state index in [1.54, 1.807) is 0 Å². The molecule has 2 aliphatic rings. The van der Waals surface area contributed by atoms with Crippen LogP contribution in [-0.2, 0) is 9.59 Å². The third kappa shape index (κ3) is 3.70. The first-order valence-electron chi connectivity index (χ1n) is 7.51. The Kier molecular flexibility index (Phi) is 4.99. The number of hydrogen-bond donors (Lipinski definition) is 2. The molecule has 2 rings (SSSR count). The summed E-state index contributed by atoms with van der Waals surface area (Å²) < 4.78 is 0. The van der Waals surface area contributed by atoms with E-state index in [4.69, 9.17) is 5.84 Å². The van der Waals surface area contributed by atoms with Gasteiger partial charge in [0.05, 0.1) is 6.54 Å². The maximum absolute atomic E-state index is 12.3. The monoisotopic (exact) mass is 282 g/mol. The molecule has 0 radical (unpaired) electrons. The number of likely N-dealkylation sites (tertiary alicyclic amines) is 1. The summed E-state index contributed by atoms with van der Waals surface area (Å²) >= 11 is 0. The van der Waals surface area contributed by atoms with Crippen LogP contribution in [0.1, 0.15) is 32.6 Å². The first-order chi connectivity index (χ1) is 9.52. The van der Waals surface area contributed by atoms with Crippen LogP contribution >= 0.6 is 0 Å². The lowest BCUT2D eigenvalue weighted by Gasteiger charge is -2.33. The van der Waals surface area contributed by atoms with Gasteiger partial charge in [-0.15, -0.1) is 0 Å². The van der Waals surface area contributed by atoms with E-state index in [0.717, 1.165) is 5.92 Å². The van der Waals surface area contributed by atoms with E-state index in [1.807, 2.05) is 11.9 Å². The molecule has 0 bridgehead atoms. The number of hydrazine groups is 1. The Balaban J connectivity index is 1.75. The molecule has 1 saturated heterocycles. The lowest BCUT2D eigenvalue weighted by Crippen LogP contribution is -2.48. The van der Waals surface area contributed by atoms with E-state index in [0.29, 0.717) is 38.5 Å². The Bertz CT molecular complexity index is 362. The van der Waals surface area contributed by atoms with Crippen molar-refractivity contribution in [2.24, 2.45) is 17.7 Å². The smallest absolute Gasteiger partial charge is 0.237 e. The Morgan fingerprint density at radius 1 is 1.30 bits per heavy atom.